The fourth-order valence-corrected chi connectivity index (χ4v) is 4.37. The molecule has 7 nitrogen and oxygen atoms in total. The van der Waals surface area contributed by atoms with Crippen molar-refractivity contribution in [1.82, 2.24) is 20.4 Å². The molecule has 3 aromatic rings. The molecule has 0 bridgehead atoms. The molecule has 32 heavy (non-hydrogen) atoms. The quantitative estimate of drug-likeness (QED) is 0.460. The zero-order valence-electron chi connectivity index (χ0n) is 16.6. The van der Waals surface area contributed by atoms with Gasteiger partial charge in [0.05, 0.1) is 22.2 Å². The van der Waals surface area contributed by atoms with Crippen LogP contribution in [0.2, 0.25) is 4.34 Å². The Hall–Kier alpha value is -3.05. The molecule has 12 heteroatoms. The van der Waals surface area contributed by atoms with E-state index in [-0.39, 0.29) is 23.4 Å². The van der Waals surface area contributed by atoms with E-state index >= 15 is 0 Å². The van der Waals surface area contributed by atoms with Crippen LogP contribution in [0.25, 0.3) is 11.3 Å². The zero-order chi connectivity index (χ0) is 23.5. The molecule has 0 spiro atoms. The molecule has 0 aliphatic rings. The normalized spacial score (nSPS) is 12.4. The number of hydrogen-bond donors (Lipinski definition) is 3. The highest BCUT2D eigenvalue weighted by Gasteiger charge is 2.33. The molecule has 170 valence electrons. The number of thiophene rings is 1. The second-order valence-electron chi connectivity index (χ2n) is 6.85. The van der Waals surface area contributed by atoms with Gasteiger partial charge in [0.2, 0.25) is 0 Å². The number of amides is 2. The fourth-order valence-electron chi connectivity index (χ4n) is 3.18. The largest absolute Gasteiger partial charge is 0.465 e. The maximum absolute atomic E-state index is 13.3. The summed E-state index contributed by atoms with van der Waals surface area (Å²) in [6.07, 6.45) is -4.58. The van der Waals surface area contributed by atoms with Gasteiger partial charge in [-0.15, -0.1) is 11.3 Å². The van der Waals surface area contributed by atoms with Gasteiger partial charge in [-0.05, 0) is 30.2 Å². The van der Waals surface area contributed by atoms with Crippen LogP contribution in [0, 0.1) is 0 Å². The topological polar surface area (TPSA) is 96.3 Å². The average Bonchev–Trinajstić information content (AvgIpc) is 3.30. The van der Waals surface area contributed by atoms with E-state index in [1.54, 1.807) is 30.1 Å². The van der Waals surface area contributed by atoms with Crippen LogP contribution in [0.1, 0.15) is 20.8 Å². The van der Waals surface area contributed by atoms with Crippen LogP contribution >= 0.6 is 22.9 Å². The maximum atomic E-state index is 13.3. The van der Waals surface area contributed by atoms with Gasteiger partial charge in [0.25, 0.3) is 5.91 Å². The van der Waals surface area contributed by atoms with Crippen LogP contribution in [0.4, 0.5) is 18.0 Å². The molecule has 0 aliphatic heterocycles. The molecule has 0 radical (unpaired) electrons. The Labute approximate surface area is 189 Å². The lowest BCUT2D eigenvalue weighted by Gasteiger charge is -2.21. The maximum Gasteiger partial charge on any atom is 0.416 e. The number of nitrogens with zero attached hydrogens (tertiary/aromatic N) is 2. The van der Waals surface area contributed by atoms with Crippen LogP contribution in [0.5, 0.6) is 0 Å². The summed E-state index contributed by atoms with van der Waals surface area (Å²) >= 11 is 7.28. The van der Waals surface area contributed by atoms with Crippen molar-refractivity contribution in [3.63, 3.8) is 0 Å². The lowest BCUT2D eigenvalue weighted by molar-refractivity contribution is -0.138. The number of hydrogen-bond acceptors (Lipinski definition) is 4. The number of halogens is 4. The summed E-state index contributed by atoms with van der Waals surface area (Å²) in [4.78, 5) is 24.0. The van der Waals surface area contributed by atoms with Gasteiger partial charge in [0.1, 0.15) is 4.34 Å². The lowest BCUT2D eigenvalue weighted by atomic mass is 9.99. The Morgan fingerprint density at radius 1 is 1.28 bits per heavy atom. The van der Waals surface area contributed by atoms with Gasteiger partial charge >= 0.3 is 12.3 Å². The number of benzene rings is 1. The van der Waals surface area contributed by atoms with Gasteiger partial charge in [-0.3, -0.25) is 9.48 Å². The monoisotopic (exact) mass is 486 g/mol. The lowest BCUT2D eigenvalue weighted by Crippen LogP contribution is -2.44. The highest BCUT2D eigenvalue weighted by Crippen LogP contribution is 2.36. The van der Waals surface area contributed by atoms with Gasteiger partial charge in [-0.2, -0.15) is 18.3 Å². The first-order valence-corrected chi connectivity index (χ1v) is 10.5. The third-order valence-corrected chi connectivity index (χ3v) is 5.99. The van der Waals surface area contributed by atoms with Crippen molar-refractivity contribution in [2.24, 2.45) is 7.05 Å². The summed E-state index contributed by atoms with van der Waals surface area (Å²) in [6.45, 7) is -0.277. The summed E-state index contributed by atoms with van der Waals surface area (Å²) in [6, 6.07) is 7.32. The minimum absolute atomic E-state index is 0.0581. The number of carboxylic acid groups (broad SMARTS) is 1. The Morgan fingerprint density at radius 3 is 2.62 bits per heavy atom. The van der Waals surface area contributed by atoms with E-state index < -0.39 is 29.8 Å². The van der Waals surface area contributed by atoms with Crippen molar-refractivity contribution < 1.29 is 27.9 Å². The van der Waals surface area contributed by atoms with Gasteiger partial charge < -0.3 is 15.7 Å². The summed E-state index contributed by atoms with van der Waals surface area (Å²) < 4.78 is 41.9. The molecule has 3 rings (SSSR count). The van der Waals surface area contributed by atoms with Crippen molar-refractivity contribution in [3.05, 3.63) is 62.9 Å². The second kappa shape index (κ2) is 9.61. The number of nitrogens with one attached hydrogen (secondary N) is 2. The molecule has 0 fully saturated rings. The molecule has 0 saturated carbocycles. The first kappa shape index (κ1) is 23.6. The minimum atomic E-state index is -4.58. The predicted octanol–water partition coefficient (Wildman–Crippen LogP) is 4.43. The third kappa shape index (κ3) is 5.60. The van der Waals surface area contributed by atoms with Crippen molar-refractivity contribution in [1.29, 1.82) is 0 Å². The summed E-state index contributed by atoms with van der Waals surface area (Å²) in [7, 11) is 1.72. The highest BCUT2D eigenvalue weighted by molar-refractivity contribution is 7.18. The molecule has 0 unspecified atom stereocenters. The van der Waals surface area contributed by atoms with Crippen molar-refractivity contribution in [2.75, 3.05) is 6.54 Å². The standard InChI is InChI=1S/C20H18ClF3N4O3S/c1-28-15(6-7-26-28)13-9-16(32-17(13)21)18(29)27-12(10-25-19(30)31)8-11-4-2-3-5-14(11)20(22,23)24/h2-7,9,12,25H,8,10H2,1H3,(H,27,29)(H,30,31)/t12-/m0/s1. The van der Waals surface area contributed by atoms with Crippen LogP contribution in [-0.4, -0.2) is 39.5 Å². The molecular formula is C20H18ClF3N4O3S. The van der Waals surface area contributed by atoms with Gasteiger partial charge in [0, 0.05) is 25.4 Å². The molecule has 3 N–H and O–H groups in total. The van der Waals surface area contributed by atoms with Crippen LogP contribution in [0.15, 0.2) is 42.6 Å². The van der Waals surface area contributed by atoms with E-state index in [0.717, 1.165) is 17.4 Å². The molecule has 0 aliphatic carbocycles. The molecule has 2 aromatic heterocycles. The first-order chi connectivity index (χ1) is 15.1. The SMILES string of the molecule is Cn1nccc1-c1cc(C(=O)N[C@H](CNC(=O)O)Cc2ccccc2C(F)(F)F)sc1Cl. The Kier molecular flexibility index (Phi) is 7.09. The molecule has 1 atom stereocenters. The molecule has 0 saturated heterocycles. The van der Waals surface area contributed by atoms with Crippen molar-refractivity contribution in [3.8, 4) is 11.3 Å². The molecule has 1 aromatic carbocycles. The number of carbonyl (C=O) groups is 2. The zero-order valence-corrected chi connectivity index (χ0v) is 18.2. The van der Waals surface area contributed by atoms with Crippen molar-refractivity contribution >= 4 is 34.9 Å². The smallest absolute Gasteiger partial charge is 0.416 e. The van der Waals surface area contributed by atoms with E-state index in [2.05, 4.69) is 15.7 Å². The number of aryl methyl sites for hydroxylation is 1. The van der Waals surface area contributed by atoms with E-state index in [4.69, 9.17) is 16.7 Å². The van der Waals surface area contributed by atoms with Gasteiger partial charge in [-0.1, -0.05) is 29.8 Å². The first-order valence-electron chi connectivity index (χ1n) is 9.26. The Balaban J connectivity index is 1.83. The van der Waals surface area contributed by atoms with Crippen molar-refractivity contribution in [2.45, 2.75) is 18.6 Å². The number of carbonyl (C=O) groups excluding carboxylic acids is 1. The Morgan fingerprint density at radius 2 is 2.00 bits per heavy atom. The highest BCUT2D eigenvalue weighted by atomic mass is 35.5. The van der Waals surface area contributed by atoms with Crippen LogP contribution in [-0.2, 0) is 19.6 Å². The number of rotatable bonds is 7. The predicted molar refractivity (Wildman–Crippen MR) is 114 cm³/mol. The second-order valence-corrected chi connectivity index (χ2v) is 8.51. The average molecular weight is 487 g/mol. The van der Waals surface area contributed by atoms with Crippen LogP contribution in [0.3, 0.4) is 0 Å². The van der Waals surface area contributed by atoms with Gasteiger partial charge in [-0.25, -0.2) is 4.79 Å². The van der Waals surface area contributed by atoms with E-state index in [1.165, 1.54) is 18.2 Å². The molecular weight excluding hydrogens is 469 g/mol. The fraction of sp³-hybridized carbons (Fsp3) is 0.250. The van der Waals surface area contributed by atoms with Gasteiger partial charge in [0.15, 0.2) is 0 Å². The summed E-state index contributed by atoms with van der Waals surface area (Å²) in [5.74, 6) is -0.577. The van der Waals surface area contributed by atoms with E-state index in [0.29, 0.717) is 15.6 Å². The third-order valence-electron chi connectivity index (χ3n) is 4.63. The van der Waals surface area contributed by atoms with E-state index in [9.17, 15) is 22.8 Å². The number of aromatic nitrogens is 2. The minimum Gasteiger partial charge on any atom is -0.465 e. The molecule has 2 amide bonds. The summed E-state index contributed by atoms with van der Waals surface area (Å²) in [5, 5.41) is 17.7. The number of alkyl halides is 3. The summed E-state index contributed by atoms with van der Waals surface area (Å²) in [5.41, 5.74) is 0.377. The van der Waals surface area contributed by atoms with Crippen LogP contribution < -0.4 is 10.6 Å². The van der Waals surface area contributed by atoms with E-state index in [1.807, 2.05) is 0 Å². The Bertz CT molecular complexity index is 1130. The molecule has 2 heterocycles.